The van der Waals surface area contributed by atoms with Gasteiger partial charge < -0.3 is 9.80 Å². The van der Waals surface area contributed by atoms with Crippen molar-refractivity contribution in [2.75, 3.05) is 25.5 Å². The molecule has 3 heterocycles. The van der Waals surface area contributed by atoms with Gasteiger partial charge in [-0.05, 0) is 19.4 Å². The lowest BCUT2D eigenvalue weighted by Gasteiger charge is -2.32. The van der Waals surface area contributed by atoms with Crippen LogP contribution in [-0.2, 0) is 24.3 Å². The van der Waals surface area contributed by atoms with Gasteiger partial charge in [0.25, 0.3) is 0 Å². The van der Waals surface area contributed by atoms with Crippen LogP contribution in [0.4, 0.5) is 5.82 Å². The van der Waals surface area contributed by atoms with E-state index in [2.05, 4.69) is 15.1 Å². The second kappa shape index (κ2) is 6.59. The van der Waals surface area contributed by atoms with Crippen molar-refractivity contribution >= 4 is 11.7 Å². The van der Waals surface area contributed by atoms with Gasteiger partial charge in [-0.3, -0.25) is 9.48 Å². The van der Waals surface area contributed by atoms with Crippen LogP contribution in [0.5, 0.6) is 0 Å². The molecule has 128 valence electrons. The summed E-state index contributed by atoms with van der Waals surface area (Å²) in [6.45, 7) is 5.72. The number of carbonyl (C=O) groups is 1. The highest BCUT2D eigenvalue weighted by Gasteiger charge is 2.28. The lowest BCUT2D eigenvalue weighted by Crippen LogP contribution is -2.41. The molecule has 0 saturated heterocycles. The quantitative estimate of drug-likeness (QED) is 0.845. The van der Waals surface area contributed by atoms with E-state index in [-0.39, 0.29) is 11.8 Å². The van der Waals surface area contributed by atoms with Crippen LogP contribution in [0.15, 0.2) is 18.5 Å². The van der Waals surface area contributed by atoms with Crippen molar-refractivity contribution in [1.82, 2.24) is 24.6 Å². The van der Waals surface area contributed by atoms with E-state index >= 15 is 0 Å². The predicted molar refractivity (Wildman–Crippen MR) is 91.6 cm³/mol. The number of hydrogen-bond donors (Lipinski definition) is 0. The van der Waals surface area contributed by atoms with Crippen LogP contribution in [0.1, 0.15) is 24.0 Å². The SMILES string of the molecule is Cc1nc2c(c(N(C)C)n1)CCN(C(=O)C(C)Cn1cccn1)C2. The number of anilines is 1. The fraction of sp³-hybridized carbons (Fsp3) is 0.529. The number of amides is 1. The zero-order chi connectivity index (χ0) is 17.3. The Hall–Kier alpha value is -2.44. The molecule has 2 aromatic heterocycles. The van der Waals surface area contributed by atoms with E-state index in [9.17, 15) is 4.79 Å². The van der Waals surface area contributed by atoms with Crippen LogP contribution >= 0.6 is 0 Å². The highest BCUT2D eigenvalue weighted by molar-refractivity contribution is 5.78. The molecule has 7 nitrogen and oxygen atoms in total. The fourth-order valence-corrected chi connectivity index (χ4v) is 3.17. The third kappa shape index (κ3) is 3.25. The first kappa shape index (κ1) is 16.4. The van der Waals surface area contributed by atoms with Crippen LogP contribution in [0, 0.1) is 12.8 Å². The molecule has 7 heteroatoms. The van der Waals surface area contributed by atoms with Crippen molar-refractivity contribution < 1.29 is 4.79 Å². The molecule has 24 heavy (non-hydrogen) atoms. The van der Waals surface area contributed by atoms with Gasteiger partial charge in [0, 0.05) is 38.6 Å². The summed E-state index contributed by atoms with van der Waals surface area (Å²) in [6, 6.07) is 1.87. The average molecular weight is 328 g/mol. The molecular formula is C17H24N6O. The molecule has 0 radical (unpaired) electrons. The van der Waals surface area contributed by atoms with Crippen molar-refractivity contribution in [2.24, 2.45) is 5.92 Å². The number of carbonyl (C=O) groups excluding carboxylic acids is 1. The Morgan fingerprint density at radius 2 is 2.17 bits per heavy atom. The molecule has 2 aromatic rings. The van der Waals surface area contributed by atoms with Gasteiger partial charge in [-0.15, -0.1) is 0 Å². The minimum absolute atomic E-state index is 0.109. The first-order valence-corrected chi connectivity index (χ1v) is 8.25. The van der Waals surface area contributed by atoms with Crippen molar-refractivity contribution in [1.29, 1.82) is 0 Å². The van der Waals surface area contributed by atoms with Gasteiger partial charge >= 0.3 is 0 Å². The first-order valence-electron chi connectivity index (χ1n) is 8.25. The lowest BCUT2D eigenvalue weighted by atomic mass is 10.0. The molecule has 0 fully saturated rings. The average Bonchev–Trinajstić information content (AvgIpc) is 3.05. The number of aromatic nitrogens is 4. The van der Waals surface area contributed by atoms with Gasteiger partial charge in [-0.1, -0.05) is 6.92 Å². The molecule has 3 rings (SSSR count). The smallest absolute Gasteiger partial charge is 0.227 e. The van der Waals surface area contributed by atoms with E-state index in [1.807, 2.05) is 50.0 Å². The number of aryl methyl sites for hydroxylation is 1. The van der Waals surface area contributed by atoms with Crippen LogP contribution < -0.4 is 4.90 Å². The van der Waals surface area contributed by atoms with Crippen LogP contribution in [-0.4, -0.2) is 51.2 Å². The maximum absolute atomic E-state index is 12.8. The monoisotopic (exact) mass is 328 g/mol. The van der Waals surface area contributed by atoms with E-state index in [1.54, 1.807) is 10.9 Å². The molecule has 1 aliphatic rings. The predicted octanol–water partition coefficient (Wildman–Crippen LogP) is 1.27. The molecule has 0 aromatic carbocycles. The van der Waals surface area contributed by atoms with Crippen molar-refractivity contribution in [2.45, 2.75) is 33.4 Å². The second-order valence-corrected chi connectivity index (χ2v) is 6.55. The van der Waals surface area contributed by atoms with Crippen LogP contribution in [0.2, 0.25) is 0 Å². The summed E-state index contributed by atoms with van der Waals surface area (Å²) in [7, 11) is 3.98. The van der Waals surface area contributed by atoms with Gasteiger partial charge in [0.2, 0.25) is 5.91 Å². The Kier molecular flexibility index (Phi) is 4.51. The van der Waals surface area contributed by atoms with Gasteiger partial charge in [0.1, 0.15) is 11.6 Å². The molecule has 0 spiro atoms. The minimum atomic E-state index is -0.109. The fourth-order valence-electron chi connectivity index (χ4n) is 3.17. The molecular weight excluding hydrogens is 304 g/mol. The third-order valence-corrected chi connectivity index (χ3v) is 4.33. The second-order valence-electron chi connectivity index (χ2n) is 6.55. The van der Waals surface area contributed by atoms with Crippen molar-refractivity contribution in [3.05, 3.63) is 35.5 Å². The number of hydrogen-bond acceptors (Lipinski definition) is 5. The van der Waals surface area contributed by atoms with Gasteiger partial charge in [-0.25, -0.2) is 9.97 Å². The molecule has 0 N–H and O–H groups in total. The summed E-state index contributed by atoms with van der Waals surface area (Å²) in [5.74, 6) is 1.76. The topological polar surface area (TPSA) is 67.2 Å². The van der Waals surface area contributed by atoms with E-state index in [1.165, 1.54) is 0 Å². The maximum atomic E-state index is 12.8. The third-order valence-electron chi connectivity index (χ3n) is 4.33. The summed E-state index contributed by atoms with van der Waals surface area (Å²) < 4.78 is 1.80. The van der Waals surface area contributed by atoms with Crippen molar-refractivity contribution in [3.8, 4) is 0 Å². The van der Waals surface area contributed by atoms with Gasteiger partial charge in [0.15, 0.2) is 0 Å². The molecule has 0 bridgehead atoms. The molecule has 0 saturated carbocycles. The zero-order valence-corrected chi connectivity index (χ0v) is 14.7. The largest absolute Gasteiger partial charge is 0.362 e. The molecule has 1 atom stereocenters. The van der Waals surface area contributed by atoms with Gasteiger partial charge in [-0.2, -0.15) is 5.10 Å². The van der Waals surface area contributed by atoms with Crippen molar-refractivity contribution in [3.63, 3.8) is 0 Å². The summed E-state index contributed by atoms with van der Waals surface area (Å²) in [5, 5.41) is 4.18. The molecule has 1 unspecified atom stereocenters. The number of nitrogens with zero attached hydrogens (tertiary/aromatic N) is 6. The lowest BCUT2D eigenvalue weighted by molar-refractivity contribution is -0.136. The summed E-state index contributed by atoms with van der Waals surface area (Å²) in [5.41, 5.74) is 2.13. The van der Waals surface area contributed by atoms with E-state index in [0.29, 0.717) is 19.6 Å². The van der Waals surface area contributed by atoms with E-state index in [0.717, 1.165) is 29.3 Å². The van der Waals surface area contributed by atoms with Crippen LogP contribution in [0.3, 0.4) is 0 Å². The maximum Gasteiger partial charge on any atom is 0.227 e. The molecule has 0 aliphatic carbocycles. The molecule has 1 amide bonds. The van der Waals surface area contributed by atoms with E-state index in [4.69, 9.17) is 0 Å². The highest BCUT2D eigenvalue weighted by atomic mass is 16.2. The Balaban J connectivity index is 1.76. The number of fused-ring (bicyclic) bond motifs is 1. The normalized spacial score (nSPS) is 15.1. The Morgan fingerprint density at radius 3 is 2.83 bits per heavy atom. The Bertz CT molecular complexity index is 725. The number of rotatable bonds is 4. The Labute approximate surface area is 142 Å². The van der Waals surface area contributed by atoms with Crippen LogP contribution in [0.25, 0.3) is 0 Å². The summed E-state index contributed by atoms with van der Waals surface area (Å²) >= 11 is 0. The molecule has 1 aliphatic heterocycles. The summed E-state index contributed by atoms with van der Waals surface area (Å²) in [4.78, 5) is 25.8. The Morgan fingerprint density at radius 1 is 1.38 bits per heavy atom. The standard InChI is InChI=1S/C17H24N6O/c1-12(10-23-8-5-7-18-23)17(24)22-9-6-14-15(11-22)19-13(2)20-16(14)21(3)4/h5,7-8,12H,6,9-11H2,1-4H3. The minimum Gasteiger partial charge on any atom is -0.362 e. The first-order chi connectivity index (χ1) is 11.5. The van der Waals surface area contributed by atoms with E-state index < -0.39 is 0 Å². The summed E-state index contributed by atoms with van der Waals surface area (Å²) in [6.07, 6.45) is 4.41. The highest BCUT2D eigenvalue weighted by Crippen LogP contribution is 2.26. The zero-order valence-electron chi connectivity index (χ0n) is 14.7. The van der Waals surface area contributed by atoms with Gasteiger partial charge in [0.05, 0.1) is 24.7 Å².